The molecular formula is C15H28O2. The highest BCUT2D eigenvalue weighted by atomic mass is 16.5. The van der Waals surface area contributed by atoms with Crippen LogP contribution < -0.4 is 0 Å². The van der Waals surface area contributed by atoms with Gasteiger partial charge in [0.05, 0.1) is 13.2 Å². The summed E-state index contributed by atoms with van der Waals surface area (Å²) >= 11 is 0. The van der Waals surface area contributed by atoms with Gasteiger partial charge in [0, 0.05) is 13.2 Å². The smallest absolute Gasteiger partial charge is 0.0648 e. The average Bonchev–Trinajstić information content (AvgIpc) is 2.35. The monoisotopic (exact) mass is 240 g/mol. The van der Waals surface area contributed by atoms with Crippen molar-refractivity contribution in [3.05, 3.63) is 12.2 Å². The Labute approximate surface area is 106 Å². The summed E-state index contributed by atoms with van der Waals surface area (Å²) < 4.78 is 11.0. The molecule has 0 fully saturated rings. The van der Waals surface area contributed by atoms with Gasteiger partial charge < -0.3 is 9.47 Å². The summed E-state index contributed by atoms with van der Waals surface area (Å²) in [4.78, 5) is 0. The van der Waals surface area contributed by atoms with E-state index in [0.29, 0.717) is 0 Å². The second kappa shape index (κ2) is 12.1. The molecule has 0 aliphatic carbocycles. The van der Waals surface area contributed by atoms with Crippen LogP contribution in [0.1, 0.15) is 57.8 Å². The highest BCUT2D eigenvalue weighted by molar-refractivity contribution is 4.81. The van der Waals surface area contributed by atoms with Gasteiger partial charge in [-0.1, -0.05) is 57.1 Å². The minimum atomic E-state index is 0.739. The maximum Gasteiger partial charge on any atom is 0.0648 e. The van der Waals surface area contributed by atoms with Gasteiger partial charge in [-0.3, -0.25) is 0 Å². The lowest BCUT2D eigenvalue weighted by molar-refractivity contribution is 0.149. The molecule has 100 valence electrons. The zero-order valence-corrected chi connectivity index (χ0v) is 11.2. The van der Waals surface area contributed by atoms with E-state index in [-0.39, 0.29) is 0 Å². The zero-order valence-electron chi connectivity index (χ0n) is 11.2. The first-order valence-electron chi connectivity index (χ1n) is 7.30. The van der Waals surface area contributed by atoms with E-state index in [1.54, 1.807) is 0 Å². The third-order valence-corrected chi connectivity index (χ3v) is 3.17. The molecule has 2 heteroatoms. The molecule has 0 aromatic heterocycles. The first-order valence-corrected chi connectivity index (χ1v) is 7.30. The molecule has 0 saturated heterocycles. The summed E-state index contributed by atoms with van der Waals surface area (Å²) in [6.07, 6.45) is 16.2. The fraction of sp³-hybridized carbons (Fsp3) is 0.867. The summed E-state index contributed by atoms with van der Waals surface area (Å²) in [6, 6.07) is 0. The summed E-state index contributed by atoms with van der Waals surface area (Å²) in [6.45, 7) is 3.29. The van der Waals surface area contributed by atoms with E-state index >= 15 is 0 Å². The van der Waals surface area contributed by atoms with Gasteiger partial charge in [-0.25, -0.2) is 0 Å². The molecule has 0 bridgehead atoms. The van der Waals surface area contributed by atoms with Gasteiger partial charge >= 0.3 is 0 Å². The lowest BCUT2D eigenvalue weighted by atomic mass is 10.1. The number of hydrogen-bond acceptors (Lipinski definition) is 2. The van der Waals surface area contributed by atoms with Gasteiger partial charge in [0.1, 0.15) is 0 Å². The number of rotatable bonds is 0. The molecule has 1 aliphatic heterocycles. The van der Waals surface area contributed by atoms with Gasteiger partial charge in [-0.15, -0.1) is 0 Å². The van der Waals surface area contributed by atoms with Crippen LogP contribution in [0, 0.1) is 0 Å². The van der Waals surface area contributed by atoms with Crippen molar-refractivity contribution in [2.75, 3.05) is 26.4 Å². The van der Waals surface area contributed by atoms with Crippen LogP contribution in [0.15, 0.2) is 12.2 Å². The molecule has 0 unspecified atom stereocenters. The van der Waals surface area contributed by atoms with E-state index in [1.165, 1.54) is 57.8 Å². The molecule has 0 aromatic carbocycles. The van der Waals surface area contributed by atoms with Gasteiger partial charge in [-0.2, -0.15) is 0 Å². The van der Waals surface area contributed by atoms with Crippen molar-refractivity contribution in [3.63, 3.8) is 0 Å². The Kier molecular flexibility index (Phi) is 10.5. The van der Waals surface area contributed by atoms with Crippen LogP contribution in [0.4, 0.5) is 0 Å². The second-order valence-electron chi connectivity index (χ2n) is 4.80. The van der Waals surface area contributed by atoms with Crippen LogP contribution in [0.25, 0.3) is 0 Å². The maximum absolute atomic E-state index is 5.52. The Balaban J connectivity index is 2.07. The van der Waals surface area contributed by atoms with Crippen LogP contribution in [0.2, 0.25) is 0 Å². The Morgan fingerprint density at radius 1 is 0.471 bits per heavy atom. The van der Waals surface area contributed by atoms with E-state index in [4.69, 9.17) is 9.47 Å². The van der Waals surface area contributed by atoms with Crippen LogP contribution in [0.5, 0.6) is 0 Å². The predicted molar refractivity (Wildman–Crippen MR) is 72.3 cm³/mol. The molecular weight excluding hydrogens is 212 g/mol. The summed E-state index contributed by atoms with van der Waals surface area (Å²) in [5.41, 5.74) is 0. The van der Waals surface area contributed by atoms with Gasteiger partial charge in [0.25, 0.3) is 0 Å². The number of hydrogen-bond donors (Lipinski definition) is 0. The molecule has 0 aromatic rings. The molecule has 17 heavy (non-hydrogen) atoms. The largest absolute Gasteiger partial charge is 0.377 e. The van der Waals surface area contributed by atoms with E-state index in [9.17, 15) is 0 Å². The Bertz CT molecular complexity index is 160. The van der Waals surface area contributed by atoms with Crippen molar-refractivity contribution in [1.82, 2.24) is 0 Å². The average molecular weight is 240 g/mol. The minimum absolute atomic E-state index is 0.739. The van der Waals surface area contributed by atoms with Crippen LogP contribution in [-0.4, -0.2) is 26.4 Å². The molecule has 0 saturated carbocycles. The number of ether oxygens (including phenoxy) is 2. The third kappa shape index (κ3) is 10.5. The van der Waals surface area contributed by atoms with Crippen molar-refractivity contribution in [2.24, 2.45) is 0 Å². The molecule has 1 rings (SSSR count). The Morgan fingerprint density at radius 2 is 0.824 bits per heavy atom. The lowest BCUT2D eigenvalue weighted by Crippen LogP contribution is -1.96. The molecule has 1 heterocycles. The molecule has 0 spiro atoms. The topological polar surface area (TPSA) is 18.5 Å². The second-order valence-corrected chi connectivity index (χ2v) is 4.80. The van der Waals surface area contributed by atoms with Crippen LogP contribution in [0.3, 0.4) is 0 Å². The Hall–Kier alpha value is -0.340. The molecule has 0 radical (unpaired) electrons. The van der Waals surface area contributed by atoms with Gasteiger partial charge in [0.2, 0.25) is 0 Å². The fourth-order valence-electron chi connectivity index (χ4n) is 2.08. The van der Waals surface area contributed by atoms with Gasteiger partial charge in [0.15, 0.2) is 0 Å². The first kappa shape index (κ1) is 14.7. The molecule has 1 aliphatic rings. The van der Waals surface area contributed by atoms with E-state index in [2.05, 4.69) is 12.2 Å². The van der Waals surface area contributed by atoms with Crippen molar-refractivity contribution in [3.8, 4) is 0 Å². The molecule has 2 nitrogen and oxygen atoms in total. The van der Waals surface area contributed by atoms with Crippen LogP contribution >= 0.6 is 0 Å². The molecule has 0 atom stereocenters. The summed E-state index contributed by atoms with van der Waals surface area (Å²) in [5.74, 6) is 0. The zero-order chi connectivity index (χ0) is 12.0. The van der Waals surface area contributed by atoms with Gasteiger partial charge in [-0.05, 0) is 12.8 Å². The SMILES string of the molecule is C1=C\COCCCCCCCCCCCOC/1. The normalized spacial score (nSPS) is 24.9. The predicted octanol–water partition coefficient (Wildman–Crippen LogP) is 4.10. The maximum atomic E-state index is 5.52. The summed E-state index contributed by atoms with van der Waals surface area (Å²) in [7, 11) is 0. The van der Waals surface area contributed by atoms with Crippen molar-refractivity contribution < 1.29 is 9.47 Å². The van der Waals surface area contributed by atoms with E-state index < -0.39 is 0 Å². The Morgan fingerprint density at radius 3 is 1.24 bits per heavy atom. The van der Waals surface area contributed by atoms with Crippen molar-refractivity contribution in [1.29, 1.82) is 0 Å². The lowest BCUT2D eigenvalue weighted by Gasteiger charge is -2.02. The minimum Gasteiger partial charge on any atom is -0.377 e. The van der Waals surface area contributed by atoms with E-state index in [1.807, 2.05) is 0 Å². The third-order valence-electron chi connectivity index (χ3n) is 3.17. The summed E-state index contributed by atoms with van der Waals surface area (Å²) in [5, 5.41) is 0. The quantitative estimate of drug-likeness (QED) is 0.593. The highest BCUT2D eigenvalue weighted by Gasteiger charge is 1.94. The fourth-order valence-corrected chi connectivity index (χ4v) is 2.08. The molecule has 0 amide bonds. The van der Waals surface area contributed by atoms with E-state index in [0.717, 1.165) is 26.4 Å². The first-order chi connectivity index (χ1) is 8.50. The standard InChI is InChI=1S/C15H28O2/c1-2-4-6-8-12-16-14-10-11-15-17-13-9-7-5-3-1/h10-11H,1-9,12-15H2/b11-10-. The molecule has 0 N–H and O–H groups in total. The van der Waals surface area contributed by atoms with Crippen molar-refractivity contribution >= 4 is 0 Å². The van der Waals surface area contributed by atoms with Crippen molar-refractivity contribution in [2.45, 2.75) is 57.8 Å². The van der Waals surface area contributed by atoms with Crippen LogP contribution in [-0.2, 0) is 9.47 Å². The highest BCUT2D eigenvalue weighted by Crippen LogP contribution is 2.10.